The van der Waals surface area contributed by atoms with Gasteiger partial charge in [-0.1, -0.05) is 31.4 Å². The molecule has 1 atom stereocenters. The summed E-state index contributed by atoms with van der Waals surface area (Å²) < 4.78 is 0. The molecule has 0 aliphatic heterocycles. The highest BCUT2D eigenvalue weighted by Gasteiger charge is 2.28. The summed E-state index contributed by atoms with van der Waals surface area (Å²) in [6.45, 7) is 3.26. The van der Waals surface area contributed by atoms with Gasteiger partial charge in [-0.2, -0.15) is 4.98 Å². The van der Waals surface area contributed by atoms with Crippen LogP contribution >= 0.6 is 0 Å². The van der Waals surface area contributed by atoms with Crippen molar-refractivity contribution in [2.45, 2.75) is 57.9 Å². The van der Waals surface area contributed by atoms with Crippen molar-refractivity contribution in [3.05, 3.63) is 24.3 Å². The quantitative estimate of drug-likeness (QED) is 0.799. The molecule has 1 aromatic carbocycles. The molecule has 0 radical (unpaired) electrons. The van der Waals surface area contributed by atoms with Gasteiger partial charge in [-0.05, 0) is 56.6 Å². The molecule has 0 bridgehead atoms. The Kier molecular flexibility index (Phi) is 4.54. The Bertz CT molecular complexity index is 689. The lowest BCUT2D eigenvalue weighted by Gasteiger charge is -2.22. The van der Waals surface area contributed by atoms with E-state index in [1.54, 1.807) is 0 Å². The fraction of sp³-hybridized carbons (Fsp3) is 0.600. The van der Waals surface area contributed by atoms with Gasteiger partial charge in [0.15, 0.2) is 0 Å². The Hall–Kier alpha value is -1.84. The zero-order valence-corrected chi connectivity index (χ0v) is 14.6. The molecule has 2 aliphatic carbocycles. The Morgan fingerprint density at radius 1 is 1.04 bits per heavy atom. The monoisotopic (exact) mass is 324 g/mol. The zero-order valence-electron chi connectivity index (χ0n) is 14.6. The van der Waals surface area contributed by atoms with Crippen LogP contribution in [0.15, 0.2) is 24.3 Å². The van der Waals surface area contributed by atoms with Gasteiger partial charge in [-0.3, -0.25) is 0 Å². The van der Waals surface area contributed by atoms with E-state index >= 15 is 0 Å². The average Bonchev–Trinajstić information content (AvgIpc) is 3.46. The van der Waals surface area contributed by atoms with E-state index in [0.29, 0.717) is 6.04 Å². The topological polar surface area (TPSA) is 49.8 Å². The summed E-state index contributed by atoms with van der Waals surface area (Å²) in [5, 5.41) is 8.26. The first-order valence-electron chi connectivity index (χ1n) is 9.57. The Morgan fingerprint density at radius 3 is 2.62 bits per heavy atom. The van der Waals surface area contributed by atoms with Gasteiger partial charge in [-0.25, -0.2) is 4.98 Å². The molecule has 0 saturated heterocycles. The van der Waals surface area contributed by atoms with Crippen LogP contribution in [0, 0.1) is 11.8 Å². The molecule has 4 nitrogen and oxygen atoms in total. The van der Waals surface area contributed by atoms with Gasteiger partial charge in [0.25, 0.3) is 0 Å². The molecule has 2 aliphatic rings. The molecule has 2 fully saturated rings. The number of anilines is 2. The van der Waals surface area contributed by atoms with Crippen molar-refractivity contribution in [3.8, 4) is 0 Å². The maximum atomic E-state index is 4.80. The first-order chi connectivity index (χ1) is 11.8. The van der Waals surface area contributed by atoms with Gasteiger partial charge < -0.3 is 10.6 Å². The fourth-order valence-corrected chi connectivity index (χ4v) is 3.82. The minimum absolute atomic E-state index is 0.481. The van der Waals surface area contributed by atoms with Crippen LogP contribution in [-0.4, -0.2) is 22.6 Å². The van der Waals surface area contributed by atoms with Crippen molar-refractivity contribution < 1.29 is 0 Å². The Balaban J connectivity index is 1.53. The molecule has 2 saturated carbocycles. The van der Waals surface area contributed by atoms with Crippen LogP contribution < -0.4 is 10.6 Å². The molecule has 128 valence electrons. The number of para-hydroxylation sites is 1. The summed E-state index contributed by atoms with van der Waals surface area (Å²) in [6, 6.07) is 8.79. The fourth-order valence-electron chi connectivity index (χ4n) is 3.82. The summed E-state index contributed by atoms with van der Waals surface area (Å²) in [7, 11) is 0. The number of rotatable bonds is 6. The van der Waals surface area contributed by atoms with Crippen LogP contribution in [0.2, 0.25) is 0 Å². The molecule has 2 N–H and O–H groups in total. The van der Waals surface area contributed by atoms with Crippen molar-refractivity contribution in [3.63, 3.8) is 0 Å². The second-order valence-corrected chi connectivity index (χ2v) is 7.57. The van der Waals surface area contributed by atoms with Gasteiger partial charge in [-0.15, -0.1) is 0 Å². The van der Waals surface area contributed by atoms with Crippen molar-refractivity contribution in [1.82, 2.24) is 9.97 Å². The number of benzene rings is 1. The summed E-state index contributed by atoms with van der Waals surface area (Å²) in [6.07, 6.45) is 9.49. The maximum Gasteiger partial charge on any atom is 0.225 e. The predicted octanol–water partition coefficient (Wildman–Crippen LogP) is 4.83. The Labute approximate surface area is 144 Å². The van der Waals surface area contributed by atoms with Gasteiger partial charge in [0.1, 0.15) is 5.82 Å². The molecular formula is C20H28N4. The number of fused-ring (bicyclic) bond motifs is 1. The van der Waals surface area contributed by atoms with E-state index in [0.717, 1.165) is 41.0 Å². The highest BCUT2D eigenvalue weighted by atomic mass is 15.1. The van der Waals surface area contributed by atoms with Crippen molar-refractivity contribution in [1.29, 1.82) is 0 Å². The molecule has 4 rings (SSSR count). The largest absolute Gasteiger partial charge is 0.367 e. The molecule has 0 spiro atoms. The summed E-state index contributed by atoms with van der Waals surface area (Å²) >= 11 is 0. The van der Waals surface area contributed by atoms with Crippen LogP contribution in [0.4, 0.5) is 11.8 Å². The predicted molar refractivity (Wildman–Crippen MR) is 100 cm³/mol. The van der Waals surface area contributed by atoms with E-state index in [4.69, 9.17) is 9.97 Å². The van der Waals surface area contributed by atoms with Gasteiger partial charge in [0, 0.05) is 18.0 Å². The van der Waals surface area contributed by atoms with Crippen LogP contribution in [-0.2, 0) is 0 Å². The highest BCUT2D eigenvalue weighted by Crippen LogP contribution is 2.35. The molecule has 2 aromatic rings. The number of hydrogen-bond donors (Lipinski definition) is 2. The lowest BCUT2D eigenvalue weighted by Crippen LogP contribution is -2.21. The second-order valence-electron chi connectivity index (χ2n) is 7.57. The summed E-state index contributed by atoms with van der Waals surface area (Å²) in [4.78, 5) is 9.53. The third-order valence-corrected chi connectivity index (χ3v) is 5.57. The second kappa shape index (κ2) is 6.96. The van der Waals surface area contributed by atoms with E-state index in [-0.39, 0.29) is 0 Å². The number of nitrogens with zero attached hydrogens (tertiary/aromatic N) is 2. The van der Waals surface area contributed by atoms with Crippen molar-refractivity contribution in [2.24, 2.45) is 11.8 Å². The molecular weight excluding hydrogens is 296 g/mol. The maximum absolute atomic E-state index is 4.80. The first kappa shape index (κ1) is 15.7. The molecule has 1 heterocycles. The van der Waals surface area contributed by atoms with E-state index in [2.05, 4.69) is 35.8 Å². The minimum atomic E-state index is 0.481. The first-order valence-corrected chi connectivity index (χ1v) is 9.57. The zero-order chi connectivity index (χ0) is 16.4. The number of nitrogens with one attached hydrogen (secondary N) is 2. The SMILES string of the molecule is C[C@@H](Nc1nc(NCC2CCCCC2)nc2ccccc12)C1CC1. The number of aromatic nitrogens is 2. The molecule has 4 heteroatoms. The molecule has 0 unspecified atom stereocenters. The van der Waals surface area contributed by atoms with Crippen LogP contribution in [0.3, 0.4) is 0 Å². The highest BCUT2D eigenvalue weighted by molar-refractivity contribution is 5.90. The average molecular weight is 324 g/mol. The van der Waals surface area contributed by atoms with Crippen molar-refractivity contribution in [2.75, 3.05) is 17.2 Å². The van der Waals surface area contributed by atoms with E-state index in [1.807, 2.05) is 6.07 Å². The van der Waals surface area contributed by atoms with Crippen LogP contribution in [0.5, 0.6) is 0 Å². The minimum Gasteiger partial charge on any atom is -0.367 e. The molecule has 0 amide bonds. The summed E-state index contributed by atoms with van der Waals surface area (Å²) in [5.74, 6) is 3.32. The lowest BCUT2D eigenvalue weighted by molar-refractivity contribution is 0.373. The van der Waals surface area contributed by atoms with Gasteiger partial charge >= 0.3 is 0 Å². The van der Waals surface area contributed by atoms with E-state index in [1.165, 1.54) is 44.9 Å². The van der Waals surface area contributed by atoms with Crippen LogP contribution in [0.1, 0.15) is 51.9 Å². The normalized spacial score (nSPS) is 20.0. The van der Waals surface area contributed by atoms with Gasteiger partial charge in [0.2, 0.25) is 5.95 Å². The van der Waals surface area contributed by atoms with Crippen molar-refractivity contribution >= 4 is 22.7 Å². The molecule has 1 aromatic heterocycles. The van der Waals surface area contributed by atoms with E-state index in [9.17, 15) is 0 Å². The van der Waals surface area contributed by atoms with E-state index < -0.39 is 0 Å². The standard InChI is InChI=1S/C20H28N4/c1-14(16-11-12-16)22-19-17-9-5-6-10-18(17)23-20(24-19)21-13-15-7-3-2-4-8-15/h5-6,9-10,14-16H,2-4,7-8,11-13H2,1H3,(H2,21,22,23,24)/t14-/m1/s1. The number of hydrogen-bond acceptors (Lipinski definition) is 4. The van der Waals surface area contributed by atoms with Gasteiger partial charge in [0.05, 0.1) is 5.52 Å². The Morgan fingerprint density at radius 2 is 1.83 bits per heavy atom. The smallest absolute Gasteiger partial charge is 0.225 e. The third-order valence-electron chi connectivity index (χ3n) is 5.57. The summed E-state index contributed by atoms with van der Waals surface area (Å²) in [5.41, 5.74) is 1.02. The van der Waals surface area contributed by atoms with Crippen LogP contribution in [0.25, 0.3) is 10.9 Å². The third kappa shape index (κ3) is 3.63. The molecule has 24 heavy (non-hydrogen) atoms. The lowest BCUT2D eigenvalue weighted by atomic mass is 9.89.